The van der Waals surface area contributed by atoms with Crippen LogP contribution in [0, 0.1) is 0 Å². The van der Waals surface area contributed by atoms with Crippen molar-refractivity contribution in [1.29, 1.82) is 0 Å². The molecule has 4 nitrogen and oxygen atoms in total. The highest BCUT2D eigenvalue weighted by Crippen LogP contribution is 2.18. The van der Waals surface area contributed by atoms with Gasteiger partial charge in [-0.2, -0.15) is 11.8 Å². The lowest BCUT2D eigenvalue weighted by atomic mass is 10.1. The fourth-order valence-electron chi connectivity index (χ4n) is 1.31. The van der Waals surface area contributed by atoms with Crippen molar-refractivity contribution in [2.75, 3.05) is 19.5 Å². The number of esters is 1. The average Bonchev–Trinajstić information content (AvgIpc) is 2.38. The minimum atomic E-state index is -0.717. The first-order valence-electron chi connectivity index (χ1n) is 5.22. The van der Waals surface area contributed by atoms with Crippen molar-refractivity contribution in [3.8, 4) is 0 Å². The van der Waals surface area contributed by atoms with Crippen molar-refractivity contribution in [1.82, 2.24) is 0 Å². The molecule has 0 radical (unpaired) electrons. The zero-order valence-corrected chi connectivity index (χ0v) is 10.4. The third-order valence-corrected chi connectivity index (χ3v) is 3.34. The highest BCUT2D eigenvalue weighted by atomic mass is 32.2. The number of hydrogen-bond donors (Lipinski definition) is 2. The molecule has 0 bridgehead atoms. The Labute approximate surface area is 105 Å². The van der Waals surface area contributed by atoms with Crippen LogP contribution in [-0.2, 0) is 10.5 Å². The van der Waals surface area contributed by atoms with Crippen LogP contribution in [0.4, 0.5) is 0 Å². The van der Waals surface area contributed by atoms with E-state index in [1.54, 1.807) is 12.1 Å². The zero-order valence-electron chi connectivity index (χ0n) is 9.63. The van der Waals surface area contributed by atoms with E-state index in [1.807, 2.05) is 12.1 Å². The normalized spacial score (nSPS) is 12.2. The predicted octanol–water partition coefficient (Wildman–Crippen LogP) is 1.06. The van der Waals surface area contributed by atoms with E-state index in [1.165, 1.54) is 18.9 Å². The summed E-state index contributed by atoms with van der Waals surface area (Å²) in [7, 11) is 1.35. The monoisotopic (exact) mass is 256 g/mol. The van der Waals surface area contributed by atoms with E-state index in [9.17, 15) is 9.90 Å². The molecule has 2 N–H and O–H groups in total. The molecule has 1 atom stereocenters. The second-order valence-electron chi connectivity index (χ2n) is 3.50. The van der Waals surface area contributed by atoms with E-state index in [-0.39, 0.29) is 12.6 Å². The predicted molar refractivity (Wildman–Crippen MR) is 67.0 cm³/mol. The highest BCUT2D eigenvalue weighted by molar-refractivity contribution is 7.98. The van der Waals surface area contributed by atoms with Crippen LogP contribution in [0.5, 0.6) is 0 Å². The smallest absolute Gasteiger partial charge is 0.338 e. The third kappa shape index (κ3) is 4.38. The number of thioether (sulfide) groups is 1. The van der Waals surface area contributed by atoms with Gasteiger partial charge in [0.1, 0.15) is 0 Å². The zero-order chi connectivity index (χ0) is 12.7. The Morgan fingerprint density at radius 3 is 2.82 bits per heavy atom. The maximum Gasteiger partial charge on any atom is 0.338 e. The van der Waals surface area contributed by atoms with Crippen LogP contribution in [0.2, 0.25) is 0 Å². The van der Waals surface area contributed by atoms with Crippen molar-refractivity contribution in [3.63, 3.8) is 0 Å². The Kier molecular flexibility index (Phi) is 6.04. The molecule has 1 rings (SSSR count). The van der Waals surface area contributed by atoms with Crippen molar-refractivity contribution in [2.24, 2.45) is 0 Å². The number of rotatable bonds is 6. The lowest BCUT2D eigenvalue weighted by Crippen LogP contribution is -2.15. The molecule has 94 valence electrons. The number of hydrogen-bond acceptors (Lipinski definition) is 5. The van der Waals surface area contributed by atoms with E-state index in [4.69, 9.17) is 5.11 Å². The standard InChI is InChI=1S/C12H16O4S/c1-16-12(15)11-5-3-2-4-9(11)7-17-8-10(14)6-13/h2-5,10,13-14H,6-8H2,1H3. The number of benzene rings is 1. The quantitative estimate of drug-likeness (QED) is 0.745. The molecule has 0 aliphatic carbocycles. The maximum atomic E-state index is 11.5. The van der Waals surface area contributed by atoms with Gasteiger partial charge in [0.05, 0.1) is 25.4 Å². The molecule has 17 heavy (non-hydrogen) atoms. The molecule has 1 aromatic carbocycles. The second-order valence-corrected chi connectivity index (χ2v) is 4.53. The van der Waals surface area contributed by atoms with Crippen LogP contribution >= 0.6 is 11.8 Å². The molecule has 0 aromatic heterocycles. The molecule has 1 unspecified atom stereocenters. The number of carbonyl (C=O) groups excluding carboxylic acids is 1. The summed E-state index contributed by atoms with van der Waals surface area (Å²) in [4.78, 5) is 11.5. The molecular formula is C12H16O4S. The van der Waals surface area contributed by atoms with Crippen LogP contribution in [0.25, 0.3) is 0 Å². The number of aliphatic hydroxyl groups excluding tert-OH is 2. The van der Waals surface area contributed by atoms with Crippen LogP contribution < -0.4 is 0 Å². The summed E-state index contributed by atoms with van der Waals surface area (Å²) >= 11 is 1.46. The molecule has 0 heterocycles. The molecule has 0 amide bonds. The van der Waals surface area contributed by atoms with Crippen LogP contribution in [0.3, 0.4) is 0 Å². The average molecular weight is 256 g/mol. The summed E-state index contributed by atoms with van der Waals surface area (Å²) in [6, 6.07) is 7.20. The Bertz CT molecular complexity index is 367. The minimum absolute atomic E-state index is 0.244. The van der Waals surface area contributed by atoms with Gasteiger partial charge in [0, 0.05) is 11.5 Å². The van der Waals surface area contributed by atoms with Crippen molar-refractivity contribution >= 4 is 17.7 Å². The van der Waals surface area contributed by atoms with Crippen molar-refractivity contribution in [3.05, 3.63) is 35.4 Å². The molecule has 1 aromatic rings. The number of ether oxygens (including phenoxy) is 1. The van der Waals surface area contributed by atoms with Gasteiger partial charge in [-0.15, -0.1) is 0 Å². The molecule has 5 heteroatoms. The summed E-state index contributed by atoms with van der Waals surface area (Å²) in [5.74, 6) is 0.679. The van der Waals surface area contributed by atoms with Crippen molar-refractivity contribution in [2.45, 2.75) is 11.9 Å². The SMILES string of the molecule is COC(=O)c1ccccc1CSCC(O)CO. The molecule has 0 saturated heterocycles. The Morgan fingerprint density at radius 2 is 2.18 bits per heavy atom. The molecule has 0 fully saturated rings. The molecule has 0 aliphatic rings. The van der Waals surface area contributed by atoms with Gasteiger partial charge in [0.15, 0.2) is 0 Å². The fourth-order valence-corrected chi connectivity index (χ4v) is 2.28. The lowest BCUT2D eigenvalue weighted by Gasteiger charge is -2.09. The van der Waals surface area contributed by atoms with Gasteiger partial charge < -0.3 is 14.9 Å². The van der Waals surface area contributed by atoms with Gasteiger partial charge in [-0.1, -0.05) is 18.2 Å². The summed E-state index contributed by atoms with van der Waals surface area (Å²) in [5.41, 5.74) is 1.41. The van der Waals surface area contributed by atoms with Gasteiger partial charge >= 0.3 is 5.97 Å². The number of aliphatic hydroxyl groups is 2. The highest BCUT2D eigenvalue weighted by Gasteiger charge is 2.11. The number of carbonyl (C=O) groups is 1. The van der Waals surface area contributed by atoms with E-state index < -0.39 is 6.10 Å². The fraction of sp³-hybridized carbons (Fsp3) is 0.417. The topological polar surface area (TPSA) is 66.8 Å². The minimum Gasteiger partial charge on any atom is -0.465 e. The van der Waals surface area contributed by atoms with E-state index >= 15 is 0 Å². The third-order valence-electron chi connectivity index (χ3n) is 2.20. The van der Waals surface area contributed by atoms with E-state index in [0.29, 0.717) is 17.1 Å². The number of methoxy groups -OCH3 is 1. The molecular weight excluding hydrogens is 240 g/mol. The summed E-state index contributed by atoms with van der Waals surface area (Å²) in [5, 5.41) is 17.9. The van der Waals surface area contributed by atoms with Gasteiger partial charge in [-0.05, 0) is 11.6 Å². The van der Waals surface area contributed by atoms with Gasteiger partial charge in [0.25, 0.3) is 0 Å². The van der Waals surface area contributed by atoms with Gasteiger partial charge in [-0.3, -0.25) is 0 Å². The van der Waals surface area contributed by atoms with E-state index in [0.717, 1.165) is 5.56 Å². The van der Waals surface area contributed by atoms with Crippen LogP contribution in [-0.4, -0.2) is 41.8 Å². The molecule has 0 spiro atoms. The Balaban J connectivity index is 2.61. The maximum absolute atomic E-state index is 11.5. The first kappa shape index (κ1) is 14.0. The Hall–Kier alpha value is -1.04. The lowest BCUT2D eigenvalue weighted by molar-refractivity contribution is 0.0600. The second kappa shape index (κ2) is 7.32. The Morgan fingerprint density at radius 1 is 1.47 bits per heavy atom. The van der Waals surface area contributed by atoms with E-state index in [2.05, 4.69) is 4.74 Å². The largest absolute Gasteiger partial charge is 0.465 e. The summed E-state index contributed by atoms with van der Waals surface area (Å²) < 4.78 is 4.69. The van der Waals surface area contributed by atoms with Crippen LogP contribution in [0.15, 0.2) is 24.3 Å². The van der Waals surface area contributed by atoms with Crippen molar-refractivity contribution < 1.29 is 19.7 Å². The first-order chi connectivity index (χ1) is 8.19. The summed E-state index contributed by atoms with van der Waals surface area (Å²) in [6.07, 6.45) is -0.717. The summed E-state index contributed by atoms with van der Waals surface area (Å²) in [6.45, 7) is -0.244. The molecule has 0 saturated carbocycles. The van der Waals surface area contributed by atoms with Gasteiger partial charge in [-0.25, -0.2) is 4.79 Å². The molecule has 0 aliphatic heterocycles. The van der Waals surface area contributed by atoms with Crippen LogP contribution in [0.1, 0.15) is 15.9 Å². The first-order valence-corrected chi connectivity index (χ1v) is 6.37. The van der Waals surface area contributed by atoms with Gasteiger partial charge in [0.2, 0.25) is 0 Å².